The Labute approximate surface area is 64.0 Å². The van der Waals surface area contributed by atoms with Gasteiger partial charge < -0.3 is 10.1 Å². The highest BCUT2D eigenvalue weighted by molar-refractivity contribution is 4.50. The Kier molecular flexibility index (Phi) is 6.98. The molecule has 2 nitrogen and oxygen atoms in total. The van der Waals surface area contributed by atoms with E-state index in [-0.39, 0.29) is 0 Å². The van der Waals surface area contributed by atoms with E-state index in [9.17, 15) is 0 Å². The predicted molar refractivity (Wildman–Crippen MR) is 43.9 cm³/mol. The summed E-state index contributed by atoms with van der Waals surface area (Å²) in [5.41, 5.74) is 0. The minimum atomic E-state index is 0.559. The molecule has 2 heteroatoms. The van der Waals surface area contributed by atoms with Crippen LogP contribution in [0.5, 0.6) is 0 Å². The lowest BCUT2D eigenvalue weighted by atomic mass is 10.4. The largest absolute Gasteiger partial charge is 0.380 e. The van der Waals surface area contributed by atoms with E-state index in [0.29, 0.717) is 6.04 Å². The summed E-state index contributed by atoms with van der Waals surface area (Å²) in [6.45, 7) is 10.4. The van der Waals surface area contributed by atoms with Gasteiger partial charge in [0.15, 0.2) is 0 Å². The van der Waals surface area contributed by atoms with Crippen LogP contribution in [-0.4, -0.2) is 25.8 Å². The number of nitrogens with one attached hydrogen (secondary N) is 1. The molecule has 0 bridgehead atoms. The highest BCUT2D eigenvalue weighted by Crippen LogP contribution is 1.79. The molecule has 10 heavy (non-hydrogen) atoms. The van der Waals surface area contributed by atoms with Crippen LogP contribution in [0.4, 0.5) is 0 Å². The Balaban J connectivity index is 2.77. The second-order valence-corrected chi connectivity index (χ2v) is 2.57. The Morgan fingerprint density at radius 3 is 2.60 bits per heavy atom. The van der Waals surface area contributed by atoms with Crippen molar-refractivity contribution in [3.05, 3.63) is 6.92 Å². The molecule has 0 aromatic carbocycles. The quantitative estimate of drug-likeness (QED) is 0.566. The van der Waals surface area contributed by atoms with Crippen molar-refractivity contribution in [1.82, 2.24) is 5.32 Å². The molecule has 1 N–H and O–H groups in total. The first-order valence-electron chi connectivity index (χ1n) is 3.87. The van der Waals surface area contributed by atoms with Crippen molar-refractivity contribution in [1.29, 1.82) is 0 Å². The minimum absolute atomic E-state index is 0.559. The van der Waals surface area contributed by atoms with E-state index in [1.54, 1.807) is 0 Å². The summed E-state index contributed by atoms with van der Waals surface area (Å²) in [4.78, 5) is 0. The van der Waals surface area contributed by atoms with Gasteiger partial charge in [0, 0.05) is 19.2 Å². The second-order valence-electron chi connectivity index (χ2n) is 2.57. The number of rotatable bonds is 6. The van der Waals surface area contributed by atoms with Crippen LogP contribution in [0, 0.1) is 6.92 Å². The highest BCUT2D eigenvalue weighted by Gasteiger charge is 1.89. The van der Waals surface area contributed by atoms with Crippen LogP contribution in [0.2, 0.25) is 0 Å². The van der Waals surface area contributed by atoms with Gasteiger partial charge in [-0.15, -0.1) is 0 Å². The molecule has 0 amide bonds. The van der Waals surface area contributed by atoms with Crippen molar-refractivity contribution in [3.8, 4) is 0 Å². The number of hydrogen-bond acceptors (Lipinski definition) is 2. The van der Waals surface area contributed by atoms with Crippen LogP contribution in [0.25, 0.3) is 0 Å². The van der Waals surface area contributed by atoms with Gasteiger partial charge in [0.1, 0.15) is 0 Å². The zero-order valence-electron chi connectivity index (χ0n) is 7.02. The third kappa shape index (κ3) is 7.92. The zero-order chi connectivity index (χ0) is 7.82. The SMILES string of the molecule is [CH2]CCOCCNC(C)C. The Hall–Kier alpha value is -0.0800. The third-order valence-electron chi connectivity index (χ3n) is 1.09. The molecule has 1 radical (unpaired) electrons. The lowest BCUT2D eigenvalue weighted by Crippen LogP contribution is -2.26. The normalized spacial score (nSPS) is 10.8. The first kappa shape index (κ1) is 9.92. The van der Waals surface area contributed by atoms with Crippen molar-refractivity contribution in [2.75, 3.05) is 19.8 Å². The second kappa shape index (κ2) is 7.03. The van der Waals surface area contributed by atoms with Crippen molar-refractivity contribution >= 4 is 0 Å². The molecule has 0 aromatic heterocycles. The molecule has 61 valence electrons. The Morgan fingerprint density at radius 2 is 2.10 bits per heavy atom. The van der Waals surface area contributed by atoms with Crippen molar-refractivity contribution in [2.45, 2.75) is 26.3 Å². The maximum Gasteiger partial charge on any atom is 0.0590 e. The fourth-order valence-electron chi connectivity index (χ4n) is 0.624. The summed E-state index contributed by atoms with van der Waals surface area (Å²) in [5, 5.41) is 3.26. The van der Waals surface area contributed by atoms with Crippen LogP contribution in [-0.2, 0) is 4.74 Å². The fraction of sp³-hybridized carbons (Fsp3) is 0.875. The van der Waals surface area contributed by atoms with Gasteiger partial charge in [0.25, 0.3) is 0 Å². The molecule has 0 spiro atoms. The summed E-state index contributed by atoms with van der Waals surface area (Å²) in [6.07, 6.45) is 0.863. The molecular formula is C8H18NO. The monoisotopic (exact) mass is 144 g/mol. The average molecular weight is 144 g/mol. The molecule has 0 saturated heterocycles. The van der Waals surface area contributed by atoms with Crippen molar-refractivity contribution in [3.63, 3.8) is 0 Å². The molecule has 0 unspecified atom stereocenters. The Bertz CT molecular complexity index is 64.3. The molecule has 0 rings (SSSR count). The van der Waals surface area contributed by atoms with Crippen LogP contribution < -0.4 is 5.32 Å². The molecule has 0 aliphatic heterocycles. The molecule has 0 heterocycles. The van der Waals surface area contributed by atoms with Crippen LogP contribution >= 0.6 is 0 Å². The van der Waals surface area contributed by atoms with E-state index in [0.717, 1.165) is 26.2 Å². The fourth-order valence-corrected chi connectivity index (χ4v) is 0.624. The van der Waals surface area contributed by atoms with E-state index in [1.165, 1.54) is 0 Å². The summed E-state index contributed by atoms with van der Waals surface area (Å²) in [5.74, 6) is 0. The number of hydrogen-bond donors (Lipinski definition) is 1. The van der Waals surface area contributed by atoms with Crippen LogP contribution in [0.15, 0.2) is 0 Å². The van der Waals surface area contributed by atoms with E-state index in [1.807, 2.05) is 0 Å². The zero-order valence-corrected chi connectivity index (χ0v) is 7.02. The molecule has 0 atom stereocenters. The maximum absolute atomic E-state index is 5.21. The summed E-state index contributed by atoms with van der Waals surface area (Å²) >= 11 is 0. The molecular weight excluding hydrogens is 126 g/mol. The van der Waals surface area contributed by atoms with Gasteiger partial charge in [-0.3, -0.25) is 0 Å². The van der Waals surface area contributed by atoms with Gasteiger partial charge in [-0.25, -0.2) is 0 Å². The highest BCUT2D eigenvalue weighted by atomic mass is 16.5. The van der Waals surface area contributed by atoms with Crippen LogP contribution in [0.1, 0.15) is 20.3 Å². The topological polar surface area (TPSA) is 21.3 Å². The molecule has 0 aliphatic carbocycles. The van der Waals surface area contributed by atoms with E-state index in [2.05, 4.69) is 26.1 Å². The average Bonchev–Trinajstić information content (AvgIpc) is 1.87. The van der Waals surface area contributed by atoms with Gasteiger partial charge in [0.2, 0.25) is 0 Å². The first-order chi connectivity index (χ1) is 4.77. The van der Waals surface area contributed by atoms with E-state index < -0.39 is 0 Å². The van der Waals surface area contributed by atoms with Gasteiger partial charge >= 0.3 is 0 Å². The summed E-state index contributed by atoms with van der Waals surface area (Å²) in [6, 6.07) is 0.559. The maximum atomic E-state index is 5.21. The van der Waals surface area contributed by atoms with E-state index >= 15 is 0 Å². The van der Waals surface area contributed by atoms with Gasteiger partial charge in [-0.05, 0) is 6.42 Å². The third-order valence-corrected chi connectivity index (χ3v) is 1.09. The lowest BCUT2D eigenvalue weighted by Gasteiger charge is -2.07. The molecule has 0 saturated carbocycles. The van der Waals surface area contributed by atoms with Crippen molar-refractivity contribution < 1.29 is 4.74 Å². The minimum Gasteiger partial charge on any atom is -0.380 e. The smallest absolute Gasteiger partial charge is 0.0590 e. The van der Waals surface area contributed by atoms with Crippen molar-refractivity contribution in [2.24, 2.45) is 0 Å². The standard InChI is InChI=1S/C8H18NO/c1-4-6-10-7-5-9-8(2)3/h8-9H,1,4-7H2,2-3H3. The first-order valence-corrected chi connectivity index (χ1v) is 3.87. The van der Waals surface area contributed by atoms with Gasteiger partial charge in [-0.2, -0.15) is 0 Å². The summed E-state index contributed by atoms with van der Waals surface area (Å²) in [7, 11) is 0. The predicted octanol–water partition coefficient (Wildman–Crippen LogP) is 1.23. The molecule has 0 aliphatic rings. The van der Waals surface area contributed by atoms with E-state index in [4.69, 9.17) is 4.74 Å². The number of ether oxygens (including phenoxy) is 1. The van der Waals surface area contributed by atoms with Gasteiger partial charge in [-0.1, -0.05) is 20.8 Å². The molecule has 0 aromatic rings. The lowest BCUT2D eigenvalue weighted by molar-refractivity contribution is 0.138. The van der Waals surface area contributed by atoms with Crippen LogP contribution in [0.3, 0.4) is 0 Å². The Morgan fingerprint density at radius 1 is 1.40 bits per heavy atom. The van der Waals surface area contributed by atoms with Gasteiger partial charge in [0.05, 0.1) is 6.61 Å². The molecule has 0 fully saturated rings. The summed E-state index contributed by atoms with van der Waals surface area (Å²) < 4.78 is 5.21.